The van der Waals surface area contributed by atoms with E-state index in [0.717, 1.165) is 6.04 Å². The Morgan fingerprint density at radius 2 is 1.56 bits per heavy atom. The van der Waals surface area contributed by atoms with Crippen LogP contribution in [-0.2, 0) is 0 Å². The van der Waals surface area contributed by atoms with Gasteiger partial charge in [0, 0.05) is 6.04 Å². The Bertz CT molecular complexity index is 547. The molecule has 0 bridgehead atoms. The number of hydrogen-bond acceptors (Lipinski definition) is 1. The van der Waals surface area contributed by atoms with Gasteiger partial charge in [-0.25, -0.2) is 0 Å². The maximum atomic E-state index is 2.71. The van der Waals surface area contributed by atoms with Gasteiger partial charge in [-0.15, -0.1) is 0 Å². The fraction of sp³-hybridized carbons (Fsp3) is 0.500. The maximum absolute atomic E-state index is 2.71. The third kappa shape index (κ3) is 7.04. The van der Waals surface area contributed by atoms with Crippen molar-refractivity contribution in [2.24, 2.45) is 0 Å². The number of nitrogens with zero attached hydrogens (tertiary/aromatic N) is 1. The molecule has 1 nitrogen and oxygen atoms in total. The second-order valence-electron chi connectivity index (χ2n) is 6.95. The number of piperidine rings is 1. The van der Waals surface area contributed by atoms with Crippen molar-refractivity contribution < 1.29 is 0 Å². The quantitative estimate of drug-likeness (QED) is 0.600. The second kappa shape index (κ2) is 11.9. The number of aryl methyl sites for hydroxylation is 1. The first-order valence-corrected chi connectivity index (χ1v) is 9.53. The summed E-state index contributed by atoms with van der Waals surface area (Å²) in [6.07, 6.45) is 5.44. The molecule has 1 aliphatic heterocycles. The van der Waals surface area contributed by atoms with Crippen LogP contribution in [0.1, 0.15) is 64.0 Å². The number of likely N-dealkylation sites (tertiary alicyclic amines) is 1. The van der Waals surface area contributed by atoms with Crippen LogP contribution in [0.15, 0.2) is 60.7 Å². The van der Waals surface area contributed by atoms with Gasteiger partial charge in [-0.1, -0.05) is 93.9 Å². The van der Waals surface area contributed by atoms with Crippen molar-refractivity contribution in [1.29, 1.82) is 0 Å². The van der Waals surface area contributed by atoms with Gasteiger partial charge in [-0.2, -0.15) is 0 Å². The Morgan fingerprint density at radius 3 is 2.08 bits per heavy atom. The Balaban J connectivity index is 0.000000330. The molecule has 0 saturated carbocycles. The third-order valence-electron chi connectivity index (χ3n) is 5.02. The average molecular weight is 340 g/mol. The number of rotatable bonds is 4. The zero-order valence-corrected chi connectivity index (χ0v) is 15.6. The molecule has 2 atom stereocenters. The molecular formula is C24H37N. The zero-order chi connectivity index (χ0) is 17.2. The van der Waals surface area contributed by atoms with Crippen molar-refractivity contribution in [2.45, 2.75) is 65.8 Å². The van der Waals surface area contributed by atoms with Crippen molar-refractivity contribution in [3.05, 3.63) is 71.8 Å². The highest BCUT2D eigenvalue weighted by atomic mass is 15.2. The van der Waals surface area contributed by atoms with E-state index in [2.05, 4.69) is 68.1 Å². The zero-order valence-electron chi connectivity index (χ0n) is 15.6. The van der Waals surface area contributed by atoms with E-state index in [4.69, 9.17) is 0 Å². The Labute approximate surface area is 156 Å². The van der Waals surface area contributed by atoms with Gasteiger partial charge in [0.15, 0.2) is 0 Å². The van der Waals surface area contributed by atoms with E-state index in [0.29, 0.717) is 5.92 Å². The first-order chi connectivity index (χ1) is 11.7. The fourth-order valence-corrected chi connectivity index (χ4v) is 3.66. The van der Waals surface area contributed by atoms with Crippen LogP contribution < -0.4 is 0 Å². The average Bonchev–Trinajstić information content (AvgIpc) is 2.64. The van der Waals surface area contributed by atoms with Crippen LogP contribution in [0, 0.1) is 6.92 Å². The lowest BCUT2D eigenvalue weighted by Crippen LogP contribution is -2.42. The molecule has 3 rings (SSSR count). The van der Waals surface area contributed by atoms with E-state index >= 15 is 0 Å². The van der Waals surface area contributed by atoms with Crippen LogP contribution in [0.3, 0.4) is 0 Å². The molecule has 0 N–H and O–H groups in total. The highest BCUT2D eigenvalue weighted by Gasteiger charge is 2.27. The molecule has 1 aliphatic rings. The number of benzene rings is 2. The molecule has 0 aliphatic carbocycles. The predicted molar refractivity (Wildman–Crippen MR) is 112 cm³/mol. The van der Waals surface area contributed by atoms with Gasteiger partial charge < -0.3 is 0 Å². The van der Waals surface area contributed by atoms with E-state index in [-0.39, 0.29) is 7.43 Å². The highest BCUT2D eigenvalue weighted by molar-refractivity contribution is 5.20. The molecule has 25 heavy (non-hydrogen) atoms. The first kappa shape index (κ1) is 21.4. The summed E-state index contributed by atoms with van der Waals surface area (Å²) in [5.41, 5.74) is 2.82. The van der Waals surface area contributed by atoms with Crippen LogP contribution in [0.2, 0.25) is 0 Å². The van der Waals surface area contributed by atoms with Crippen molar-refractivity contribution >= 4 is 0 Å². The summed E-state index contributed by atoms with van der Waals surface area (Å²) in [7, 11) is 0. The van der Waals surface area contributed by atoms with Crippen molar-refractivity contribution in [1.82, 2.24) is 4.90 Å². The van der Waals surface area contributed by atoms with Crippen LogP contribution in [0.25, 0.3) is 0 Å². The minimum atomic E-state index is 0. The van der Waals surface area contributed by atoms with E-state index in [1.165, 1.54) is 49.9 Å². The summed E-state index contributed by atoms with van der Waals surface area (Å²) in [5.74, 6) is 0.669. The molecule has 1 saturated heterocycles. The largest absolute Gasteiger partial charge is 0.300 e. The molecule has 2 aromatic carbocycles. The van der Waals surface area contributed by atoms with Gasteiger partial charge in [-0.3, -0.25) is 4.90 Å². The van der Waals surface area contributed by atoms with Gasteiger partial charge in [-0.05, 0) is 50.8 Å². The van der Waals surface area contributed by atoms with Crippen molar-refractivity contribution in [3.63, 3.8) is 0 Å². The molecule has 0 radical (unpaired) electrons. The Morgan fingerprint density at radius 1 is 0.960 bits per heavy atom. The molecule has 2 aromatic rings. The number of hydrogen-bond donors (Lipinski definition) is 0. The third-order valence-corrected chi connectivity index (χ3v) is 5.02. The molecule has 1 heteroatoms. The minimum Gasteiger partial charge on any atom is -0.300 e. The van der Waals surface area contributed by atoms with E-state index in [1.807, 2.05) is 18.2 Å². The van der Waals surface area contributed by atoms with Crippen LogP contribution in [-0.4, -0.2) is 24.0 Å². The van der Waals surface area contributed by atoms with Gasteiger partial charge in [0.05, 0.1) is 0 Å². The second-order valence-corrected chi connectivity index (χ2v) is 6.95. The molecular weight excluding hydrogens is 302 g/mol. The fourth-order valence-electron chi connectivity index (χ4n) is 3.66. The van der Waals surface area contributed by atoms with Gasteiger partial charge in [0.2, 0.25) is 0 Å². The maximum Gasteiger partial charge on any atom is 0.0161 e. The normalized spacial score (nSPS) is 18.4. The van der Waals surface area contributed by atoms with Crippen LogP contribution >= 0.6 is 0 Å². The standard InChI is InChI=1S/C16H25N.C7H8.CH4/c1-3-12-17-13-8-7-11-16(17)14(2)15-9-5-4-6-10-15;1-7-5-3-2-4-6-7;/h4-6,9-10,14,16H,3,7-8,11-13H2,1-2H3;2-6H,1H3;1H4. The Hall–Kier alpha value is -1.60. The molecule has 0 spiro atoms. The monoisotopic (exact) mass is 339 g/mol. The van der Waals surface area contributed by atoms with E-state index < -0.39 is 0 Å². The van der Waals surface area contributed by atoms with Crippen molar-refractivity contribution in [2.75, 3.05) is 13.1 Å². The summed E-state index contributed by atoms with van der Waals surface area (Å²) in [5, 5.41) is 0. The molecule has 138 valence electrons. The summed E-state index contributed by atoms with van der Waals surface area (Å²) in [4.78, 5) is 2.71. The summed E-state index contributed by atoms with van der Waals surface area (Å²) in [6, 6.07) is 22.0. The minimum absolute atomic E-state index is 0. The van der Waals surface area contributed by atoms with E-state index in [9.17, 15) is 0 Å². The predicted octanol–water partition coefficient (Wildman–Crippen LogP) is 6.69. The molecule has 0 amide bonds. The summed E-state index contributed by atoms with van der Waals surface area (Å²) < 4.78 is 0. The lowest BCUT2D eigenvalue weighted by molar-refractivity contribution is 0.129. The lowest BCUT2D eigenvalue weighted by Gasteiger charge is -2.39. The molecule has 1 fully saturated rings. The Kier molecular flexibility index (Phi) is 10.2. The van der Waals surface area contributed by atoms with Crippen molar-refractivity contribution in [3.8, 4) is 0 Å². The molecule has 1 heterocycles. The van der Waals surface area contributed by atoms with Gasteiger partial charge in [0.25, 0.3) is 0 Å². The highest BCUT2D eigenvalue weighted by Crippen LogP contribution is 2.30. The van der Waals surface area contributed by atoms with E-state index in [1.54, 1.807) is 0 Å². The molecule has 2 unspecified atom stereocenters. The van der Waals surface area contributed by atoms with Gasteiger partial charge in [0.1, 0.15) is 0 Å². The molecule has 0 aromatic heterocycles. The first-order valence-electron chi connectivity index (χ1n) is 9.53. The smallest absolute Gasteiger partial charge is 0.0161 e. The van der Waals surface area contributed by atoms with Crippen LogP contribution in [0.4, 0.5) is 0 Å². The van der Waals surface area contributed by atoms with Crippen LogP contribution in [0.5, 0.6) is 0 Å². The lowest BCUT2D eigenvalue weighted by atomic mass is 9.86. The SMILES string of the molecule is C.CCCN1CCCCC1C(C)c1ccccc1.Cc1ccccc1. The summed E-state index contributed by atoms with van der Waals surface area (Å²) in [6.45, 7) is 9.34. The van der Waals surface area contributed by atoms with Gasteiger partial charge >= 0.3 is 0 Å². The summed E-state index contributed by atoms with van der Waals surface area (Å²) >= 11 is 0. The topological polar surface area (TPSA) is 3.24 Å².